The van der Waals surface area contributed by atoms with Crippen LogP contribution in [0, 0.1) is 0 Å². The normalized spacial score (nSPS) is 12.8. The fraction of sp³-hybridized carbons (Fsp3) is 0.571. The van der Waals surface area contributed by atoms with E-state index in [0.29, 0.717) is 0 Å². The number of rotatable bonds is 10. The molecule has 32 heavy (non-hydrogen) atoms. The molecular formula is C21H37Br3N8. The van der Waals surface area contributed by atoms with Crippen LogP contribution in [-0.4, -0.2) is 43.8 Å². The van der Waals surface area contributed by atoms with Crippen molar-refractivity contribution in [1.82, 2.24) is 4.57 Å². The molecule has 6 N–H and O–H groups in total. The quantitative estimate of drug-likeness (QED) is 0.200. The van der Waals surface area contributed by atoms with Gasteiger partial charge in [0.15, 0.2) is 0 Å². The minimum absolute atomic E-state index is 0. The summed E-state index contributed by atoms with van der Waals surface area (Å²) in [4.78, 5) is 4.85. The third-order valence-electron chi connectivity index (χ3n) is 5.54. The molecular weight excluding hydrogens is 604 g/mol. The van der Waals surface area contributed by atoms with E-state index in [2.05, 4.69) is 85.1 Å². The molecule has 0 atom stereocenters. The molecule has 3 rings (SSSR count). The van der Waals surface area contributed by atoms with Gasteiger partial charge in [0, 0.05) is 44.1 Å². The van der Waals surface area contributed by atoms with Gasteiger partial charge in [0.05, 0.1) is 49.9 Å². The summed E-state index contributed by atoms with van der Waals surface area (Å²) in [5.74, 6) is 0.896. The van der Waals surface area contributed by atoms with Gasteiger partial charge >= 0.3 is 5.95 Å². The first-order valence-electron chi connectivity index (χ1n) is 10.9. The fourth-order valence-electron chi connectivity index (χ4n) is 3.82. The Hall–Kier alpha value is -1.01. The van der Waals surface area contributed by atoms with E-state index in [-0.39, 0.29) is 50.9 Å². The lowest BCUT2D eigenvalue weighted by Gasteiger charge is -2.38. The van der Waals surface area contributed by atoms with Crippen molar-refractivity contribution in [2.24, 2.45) is 10.2 Å². The molecule has 8 nitrogen and oxygen atoms in total. The molecule has 0 amide bonds. The number of aromatic nitrogens is 2. The summed E-state index contributed by atoms with van der Waals surface area (Å²) in [5, 5.41) is 9.28. The standard InChI is InChI=1S/C21H35N8.3BrH/c1-3-26-13-14-27(4-2)20-17-18(7-8-19(20)26)24-25-21-28(11-5-9-22)15-16-29(21)12-6-10-23;;;/h7-8,15-17H,3-6,9-14,22-23H2,1-2H3;3*1H/q+1;;;/p-1. The van der Waals surface area contributed by atoms with E-state index >= 15 is 0 Å². The molecule has 0 spiro atoms. The van der Waals surface area contributed by atoms with E-state index in [4.69, 9.17) is 0 Å². The average Bonchev–Trinajstić information content (AvgIpc) is 3.15. The van der Waals surface area contributed by atoms with Crippen LogP contribution in [0.4, 0.5) is 23.0 Å². The Morgan fingerprint density at radius 3 is 2.19 bits per heavy atom. The summed E-state index contributed by atoms with van der Waals surface area (Å²) in [6.45, 7) is 12.2. The number of hydrogen-bond acceptors (Lipinski definition) is 4. The third-order valence-corrected chi connectivity index (χ3v) is 5.54. The van der Waals surface area contributed by atoms with E-state index in [1.165, 1.54) is 11.4 Å². The van der Waals surface area contributed by atoms with Crippen LogP contribution in [0.5, 0.6) is 0 Å². The Morgan fingerprint density at radius 2 is 1.56 bits per heavy atom. The number of quaternary nitrogens is 2. The predicted octanol–water partition coefficient (Wildman–Crippen LogP) is -7.87. The van der Waals surface area contributed by atoms with Gasteiger partial charge in [0.25, 0.3) is 0 Å². The molecule has 11 heteroatoms. The zero-order valence-corrected chi connectivity index (χ0v) is 23.9. The van der Waals surface area contributed by atoms with Crippen molar-refractivity contribution in [2.45, 2.75) is 39.8 Å². The molecule has 1 aromatic heterocycles. The van der Waals surface area contributed by atoms with Crippen LogP contribution in [0.1, 0.15) is 26.7 Å². The number of halogens is 3. The third kappa shape index (κ3) is 7.51. The average molecular weight is 641 g/mol. The van der Waals surface area contributed by atoms with E-state index in [1.54, 1.807) is 0 Å². The smallest absolute Gasteiger partial charge is 0.421 e. The van der Waals surface area contributed by atoms with Crippen molar-refractivity contribution < 1.29 is 67.0 Å². The number of aryl methyl sites for hydroxylation is 2. The molecule has 0 saturated heterocycles. The number of nitrogens with zero attached hydrogens (tertiary/aromatic N) is 6. The lowest BCUT2D eigenvalue weighted by molar-refractivity contribution is -0.686. The van der Waals surface area contributed by atoms with Crippen molar-refractivity contribution in [3.05, 3.63) is 30.6 Å². The number of hydrogen-bond donors (Lipinski definition) is 2. The minimum Gasteiger partial charge on any atom is -1.00 e. The van der Waals surface area contributed by atoms with Crippen molar-refractivity contribution in [3.8, 4) is 0 Å². The second-order valence-corrected chi connectivity index (χ2v) is 7.43. The van der Waals surface area contributed by atoms with Gasteiger partial charge in [-0.25, -0.2) is 9.13 Å². The van der Waals surface area contributed by atoms with Crippen LogP contribution in [0.2, 0.25) is 0 Å². The molecule has 1 aromatic carbocycles. The number of anilines is 2. The topological polar surface area (TPSA) is 95.3 Å². The number of likely N-dealkylation sites (N-methyl/N-ethyl adjacent to an activating group) is 2. The molecule has 0 radical (unpaired) electrons. The molecule has 2 aromatic rings. The van der Waals surface area contributed by atoms with E-state index in [9.17, 15) is 0 Å². The zero-order chi connectivity index (χ0) is 20.6. The molecule has 0 fully saturated rings. The van der Waals surface area contributed by atoms with Crippen molar-refractivity contribution >= 4 is 23.0 Å². The number of benzene rings is 1. The molecule has 182 valence electrons. The highest BCUT2D eigenvalue weighted by Crippen LogP contribution is 2.36. The molecule has 1 aliphatic rings. The lowest BCUT2D eigenvalue weighted by atomic mass is 10.1. The van der Waals surface area contributed by atoms with E-state index < -0.39 is 0 Å². The highest BCUT2D eigenvalue weighted by atomic mass is 79.9. The van der Waals surface area contributed by atoms with Gasteiger partial charge in [-0.15, -0.1) is 0 Å². The SMILES string of the molecule is CCN1CCN(CC)c2cc(N=Nc3n(CCC[NH3+])cc[n+]3CCC[NH3+])ccc21.[Br-].[Br-].[Br-]. The summed E-state index contributed by atoms with van der Waals surface area (Å²) in [7, 11) is 0. The Labute approximate surface area is 223 Å². The minimum atomic E-state index is 0. The van der Waals surface area contributed by atoms with Crippen LogP contribution >= 0.6 is 0 Å². The second kappa shape index (κ2) is 15.8. The highest BCUT2D eigenvalue weighted by Gasteiger charge is 2.22. The summed E-state index contributed by atoms with van der Waals surface area (Å²) >= 11 is 0. The Balaban J connectivity index is 0.00000320. The van der Waals surface area contributed by atoms with E-state index in [1.807, 2.05) is 0 Å². The molecule has 1 aliphatic heterocycles. The summed E-state index contributed by atoms with van der Waals surface area (Å²) < 4.78 is 4.35. The van der Waals surface area contributed by atoms with Gasteiger partial charge in [-0.3, -0.25) is 0 Å². The van der Waals surface area contributed by atoms with Gasteiger partial charge in [0.2, 0.25) is 0 Å². The Kier molecular flexibility index (Phi) is 15.3. The first kappa shape index (κ1) is 31.0. The zero-order valence-electron chi connectivity index (χ0n) is 19.2. The maximum Gasteiger partial charge on any atom is 0.421 e. The van der Waals surface area contributed by atoms with Crippen LogP contribution in [0.3, 0.4) is 0 Å². The Morgan fingerprint density at radius 1 is 0.906 bits per heavy atom. The van der Waals surface area contributed by atoms with Crippen molar-refractivity contribution in [2.75, 3.05) is 49.1 Å². The van der Waals surface area contributed by atoms with Crippen molar-refractivity contribution in [1.29, 1.82) is 0 Å². The van der Waals surface area contributed by atoms with Gasteiger partial charge in [-0.2, -0.15) is 0 Å². The van der Waals surface area contributed by atoms with Gasteiger partial charge in [-0.05, 0) is 32.0 Å². The monoisotopic (exact) mass is 638 g/mol. The maximum atomic E-state index is 4.66. The second-order valence-electron chi connectivity index (χ2n) is 7.43. The number of fused-ring (bicyclic) bond motifs is 1. The molecule has 0 saturated carbocycles. The van der Waals surface area contributed by atoms with Crippen molar-refractivity contribution in [3.63, 3.8) is 0 Å². The number of imidazole rings is 1. The highest BCUT2D eigenvalue weighted by molar-refractivity contribution is 5.76. The van der Waals surface area contributed by atoms with E-state index in [0.717, 1.165) is 76.8 Å². The fourth-order valence-corrected chi connectivity index (χ4v) is 3.82. The molecule has 0 unspecified atom stereocenters. The lowest BCUT2D eigenvalue weighted by Crippen LogP contribution is -3.00. The summed E-state index contributed by atoms with van der Waals surface area (Å²) in [5.41, 5.74) is 11.4. The molecule has 2 heterocycles. The van der Waals surface area contributed by atoms with Gasteiger partial charge in [-0.1, -0.05) is 5.11 Å². The Bertz CT molecular complexity index is 802. The molecule has 0 aliphatic carbocycles. The number of azo groups is 1. The van der Waals surface area contributed by atoms with Crippen LogP contribution in [0.25, 0.3) is 0 Å². The van der Waals surface area contributed by atoms with Gasteiger partial charge in [0.1, 0.15) is 5.69 Å². The maximum absolute atomic E-state index is 4.66. The van der Waals surface area contributed by atoms with Crippen LogP contribution in [-0.2, 0) is 13.1 Å². The summed E-state index contributed by atoms with van der Waals surface area (Å²) in [6, 6.07) is 6.44. The predicted molar refractivity (Wildman–Crippen MR) is 116 cm³/mol. The van der Waals surface area contributed by atoms with Gasteiger partial charge < -0.3 is 72.2 Å². The molecule has 0 bridgehead atoms. The first-order chi connectivity index (χ1) is 14.2. The largest absolute Gasteiger partial charge is 1.00 e. The van der Waals surface area contributed by atoms with Crippen LogP contribution < -0.4 is 76.8 Å². The summed E-state index contributed by atoms with van der Waals surface area (Å²) in [6.07, 6.45) is 6.25. The first-order valence-corrected chi connectivity index (χ1v) is 10.9. The van der Waals surface area contributed by atoms with Crippen LogP contribution in [0.15, 0.2) is 40.8 Å².